The fourth-order valence-corrected chi connectivity index (χ4v) is 2.35. The van der Waals surface area contributed by atoms with Crippen molar-refractivity contribution in [2.24, 2.45) is 0 Å². The molecule has 0 saturated heterocycles. The Morgan fingerprint density at radius 2 is 1.71 bits per heavy atom. The van der Waals surface area contributed by atoms with Crippen molar-refractivity contribution < 1.29 is 24.2 Å². The molecule has 3 heteroatoms. The van der Waals surface area contributed by atoms with Gasteiger partial charge in [0.25, 0.3) is 0 Å². The zero-order valence-electron chi connectivity index (χ0n) is 12.6. The van der Waals surface area contributed by atoms with Crippen LogP contribution in [0.2, 0.25) is 0 Å². The topological polar surface area (TPSA) is 0 Å². The van der Waals surface area contributed by atoms with Crippen LogP contribution in [0.15, 0.2) is 54.1 Å². The SMILES string of the molecule is CC1=C([c-]2ccc3ccccc32)CC=C1.C[C](C)=[Zr].Cl.Cl. The van der Waals surface area contributed by atoms with E-state index in [9.17, 15) is 0 Å². The Hall–Kier alpha value is -0.357. The zero-order valence-corrected chi connectivity index (χ0v) is 16.7. The molecule has 2 aromatic carbocycles. The van der Waals surface area contributed by atoms with Gasteiger partial charge in [-0.3, -0.25) is 0 Å². The second-order valence-corrected chi connectivity index (χ2v) is 7.56. The van der Waals surface area contributed by atoms with Gasteiger partial charge in [0.15, 0.2) is 0 Å². The molecule has 0 nitrogen and oxygen atoms in total. The minimum absolute atomic E-state index is 0. The van der Waals surface area contributed by atoms with Crippen LogP contribution in [0.4, 0.5) is 0 Å². The molecule has 0 aliphatic heterocycles. The van der Waals surface area contributed by atoms with Crippen molar-refractivity contribution in [3.63, 3.8) is 0 Å². The van der Waals surface area contributed by atoms with Crippen LogP contribution in [-0.4, -0.2) is 3.21 Å². The number of rotatable bonds is 1. The van der Waals surface area contributed by atoms with Gasteiger partial charge < -0.3 is 0 Å². The maximum absolute atomic E-state index is 2.25. The number of benzene rings is 1. The van der Waals surface area contributed by atoms with Gasteiger partial charge in [-0.25, -0.2) is 0 Å². The van der Waals surface area contributed by atoms with Crippen LogP contribution in [-0.2, 0) is 24.2 Å². The van der Waals surface area contributed by atoms with Crippen molar-refractivity contribution in [1.29, 1.82) is 0 Å². The van der Waals surface area contributed by atoms with Crippen LogP contribution in [0, 0.1) is 0 Å². The fourth-order valence-electron chi connectivity index (χ4n) is 2.35. The molecule has 3 rings (SSSR count). The van der Waals surface area contributed by atoms with Crippen LogP contribution >= 0.6 is 24.8 Å². The molecule has 2 aromatic rings. The maximum Gasteiger partial charge on any atom is -0.147 e. The molecule has 0 bridgehead atoms. The molecule has 0 amide bonds. The first kappa shape index (κ1) is 20.6. The smallest absolute Gasteiger partial charge is 0.147 e. The van der Waals surface area contributed by atoms with E-state index in [4.69, 9.17) is 0 Å². The quantitative estimate of drug-likeness (QED) is 0.525. The Morgan fingerprint density at radius 3 is 2.29 bits per heavy atom. The molecule has 0 fully saturated rings. The van der Waals surface area contributed by atoms with Gasteiger partial charge in [0.1, 0.15) is 0 Å². The van der Waals surface area contributed by atoms with Gasteiger partial charge in [0.2, 0.25) is 0 Å². The van der Waals surface area contributed by atoms with Crippen LogP contribution in [0.5, 0.6) is 0 Å². The Balaban J connectivity index is 0.000000602. The van der Waals surface area contributed by atoms with Gasteiger partial charge in [-0.1, -0.05) is 42.8 Å². The van der Waals surface area contributed by atoms with E-state index in [2.05, 4.69) is 69.3 Å². The summed E-state index contributed by atoms with van der Waals surface area (Å²) < 4.78 is 1.51. The second-order valence-electron chi connectivity index (χ2n) is 5.10. The number of hydrogen-bond donors (Lipinski definition) is 0. The molecule has 0 heterocycles. The van der Waals surface area contributed by atoms with Gasteiger partial charge >= 0.3 is 41.3 Å². The maximum atomic E-state index is 2.25. The number of fused-ring (bicyclic) bond motifs is 1. The predicted octanol–water partition coefficient (Wildman–Crippen LogP) is 5.88. The Morgan fingerprint density at radius 1 is 1.10 bits per heavy atom. The van der Waals surface area contributed by atoms with E-state index in [1.54, 1.807) is 24.2 Å². The van der Waals surface area contributed by atoms with Crippen LogP contribution in [0.3, 0.4) is 0 Å². The van der Waals surface area contributed by atoms with Gasteiger partial charge in [-0.05, 0) is 6.42 Å². The molecule has 1 aliphatic rings. The molecule has 0 radical (unpaired) electrons. The number of allylic oxidation sites excluding steroid dienone is 4. The van der Waals surface area contributed by atoms with Crippen molar-refractivity contribution in [3.8, 4) is 0 Å². The predicted molar refractivity (Wildman–Crippen MR) is 96.7 cm³/mol. The van der Waals surface area contributed by atoms with Crippen LogP contribution < -0.4 is 0 Å². The zero-order chi connectivity index (χ0) is 13.8. The van der Waals surface area contributed by atoms with E-state index in [0.717, 1.165) is 6.42 Å². The van der Waals surface area contributed by atoms with Gasteiger partial charge in [-0.15, -0.1) is 64.9 Å². The van der Waals surface area contributed by atoms with Crippen molar-refractivity contribution in [2.45, 2.75) is 27.2 Å². The van der Waals surface area contributed by atoms with E-state index in [1.807, 2.05) is 0 Å². The van der Waals surface area contributed by atoms with E-state index in [1.165, 1.54) is 30.7 Å². The summed E-state index contributed by atoms with van der Waals surface area (Å²) >= 11 is 1.55. The first-order valence-corrected chi connectivity index (χ1v) is 7.85. The molecule has 0 unspecified atom stereocenters. The summed E-state index contributed by atoms with van der Waals surface area (Å²) in [6.07, 6.45) is 5.55. The number of hydrogen-bond acceptors (Lipinski definition) is 0. The summed E-state index contributed by atoms with van der Waals surface area (Å²) in [6, 6.07) is 13.1. The summed E-state index contributed by atoms with van der Waals surface area (Å²) in [6.45, 7) is 6.44. The third-order valence-corrected chi connectivity index (χ3v) is 3.17. The van der Waals surface area contributed by atoms with Crippen LogP contribution in [0.1, 0.15) is 32.8 Å². The molecule has 21 heavy (non-hydrogen) atoms. The normalized spacial score (nSPS) is 12.3. The summed E-state index contributed by atoms with van der Waals surface area (Å²) in [5.74, 6) is 0. The molecular weight excluding hydrogens is 378 g/mol. The third-order valence-electron chi connectivity index (χ3n) is 3.17. The standard InChI is InChI=1S/C15H13.C3H6.2ClH.Zr/c1-11-5-4-8-13(11)15-10-9-12-6-2-3-7-14(12)15;1-3-2;;;/h2-7,9-10H,8H2,1H3;1-2H3;2*1H;/q-1;;;;. The summed E-state index contributed by atoms with van der Waals surface area (Å²) in [7, 11) is 0. The van der Waals surface area contributed by atoms with Gasteiger partial charge in [-0.2, -0.15) is 0 Å². The Kier molecular flexibility index (Phi) is 9.45. The fraction of sp³-hybridized carbons (Fsp3) is 0.222. The molecule has 0 N–H and O–H groups in total. The van der Waals surface area contributed by atoms with Crippen LogP contribution in [0.25, 0.3) is 16.3 Å². The Bertz CT molecular complexity index is 659. The monoisotopic (exact) mass is 397 g/mol. The van der Waals surface area contributed by atoms with E-state index >= 15 is 0 Å². The van der Waals surface area contributed by atoms with Crippen molar-refractivity contribution >= 4 is 44.4 Å². The van der Waals surface area contributed by atoms with Crippen molar-refractivity contribution in [2.75, 3.05) is 0 Å². The van der Waals surface area contributed by atoms with Gasteiger partial charge in [0, 0.05) is 0 Å². The molecule has 0 spiro atoms. The van der Waals surface area contributed by atoms with E-state index in [-0.39, 0.29) is 24.8 Å². The molecule has 0 saturated carbocycles. The summed E-state index contributed by atoms with van der Waals surface area (Å²) in [5.41, 5.74) is 4.30. The molecule has 0 aromatic heterocycles. The molecule has 0 atom stereocenters. The second kappa shape index (κ2) is 9.62. The van der Waals surface area contributed by atoms with Crippen molar-refractivity contribution in [3.05, 3.63) is 59.7 Å². The minimum Gasteiger partial charge on any atom is -0.147 e. The molecular formula is C18H21Cl2Zr-. The average Bonchev–Trinajstić information content (AvgIpc) is 2.94. The number of halogens is 2. The first-order chi connectivity index (χ1) is 9.09. The summed E-state index contributed by atoms with van der Waals surface area (Å²) in [4.78, 5) is 0. The van der Waals surface area contributed by atoms with Gasteiger partial charge in [0.05, 0.1) is 0 Å². The van der Waals surface area contributed by atoms with E-state index < -0.39 is 0 Å². The largest absolute Gasteiger partial charge is 0.147 e. The molecule has 112 valence electrons. The molecule has 1 aliphatic carbocycles. The average molecular weight is 399 g/mol. The third kappa shape index (κ3) is 5.40. The van der Waals surface area contributed by atoms with E-state index in [0.29, 0.717) is 0 Å². The van der Waals surface area contributed by atoms with Crippen molar-refractivity contribution in [1.82, 2.24) is 0 Å². The first-order valence-electron chi connectivity index (χ1n) is 6.62. The Labute approximate surface area is 154 Å². The minimum atomic E-state index is 0. The summed E-state index contributed by atoms with van der Waals surface area (Å²) in [5, 5.41) is 2.73.